The Kier molecular flexibility index (Phi) is 5.83. The molecule has 0 aliphatic carbocycles. The molecule has 6 heteroatoms. The standard InChI is InChI=1S/C20H26N4O2/c1-4-15(11-21-5-2)13-26-16-6-8-24(9-7-16)19-14(3)10-17-18(23-19)12-22-20(17)25/h4-5,10-11,16H,2,6-9,12-13H2,1,3H3,(H,22,25)/b15-4+,21-11-. The Morgan fingerprint density at radius 1 is 1.50 bits per heavy atom. The lowest BCUT2D eigenvalue weighted by atomic mass is 10.1. The summed E-state index contributed by atoms with van der Waals surface area (Å²) in [6.45, 7) is 10.5. The topological polar surface area (TPSA) is 66.8 Å². The molecule has 3 rings (SSSR count). The molecule has 0 bridgehead atoms. The van der Waals surface area contributed by atoms with E-state index in [1.165, 1.54) is 6.20 Å². The van der Waals surface area contributed by atoms with Crippen molar-refractivity contribution in [1.82, 2.24) is 10.3 Å². The molecule has 0 aromatic carbocycles. The number of allylic oxidation sites excluding steroid dienone is 1. The average molecular weight is 354 g/mol. The molecule has 6 nitrogen and oxygen atoms in total. The van der Waals surface area contributed by atoms with Gasteiger partial charge in [-0.3, -0.25) is 9.79 Å². The second-order valence-corrected chi connectivity index (χ2v) is 6.63. The van der Waals surface area contributed by atoms with Crippen molar-refractivity contribution in [2.75, 3.05) is 24.6 Å². The van der Waals surface area contributed by atoms with Crippen molar-refractivity contribution in [1.29, 1.82) is 0 Å². The number of aromatic nitrogens is 1. The first-order valence-electron chi connectivity index (χ1n) is 9.07. The number of hydrogen-bond acceptors (Lipinski definition) is 5. The fourth-order valence-corrected chi connectivity index (χ4v) is 3.34. The number of aryl methyl sites for hydroxylation is 1. The molecule has 0 radical (unpaired) electrons. The molecule has 2 aliphatic heterocycles. The second kappa shape index (κ2) is 8.27. The fraction of sp³-hybridized carbons (Fsp3) is 0.450. The normalized spacial score (nSPS) is 18.3. The highest BCUT2D eigenvalue weighted by Crippen LogP contribution is 2.26. The summed E-state index contributed by atoms with van der Waals surface area (Å²) in [4.78, 5) is 22.9. The number of pyridine rings is 1. The number of amides is 1. The van der Waals surface area contributed by atoms with Crippen LogP contribution >= 0.6 is 0 Å². The highest BCUT2D eigenvalue weighted by Gasteiger charge is 2.26. The first kappa shape index (κ1) is 18.3. The summed E-state index contributed by atoms with van der Waals surface area (Å²) in [7, 11) is 0. The van der Waals surface area contributed by atoms with Gasteiger partial charge in [-0.1, -0.05) is 12.7 Å². The maximum absolute atomic E-state index is 11.8. The molecule has 26 heavy (non-hydrogen) atoms. The van der Waals surface area contributed by atoms with E-state index in [4.69, 9.17) is 9.72 Å². The van der Waals surface area contributed by atoms with Gasteiger partial charge in [-0.25, -0.2) is 4.98 Å². The van der Waals surface area contributed by atoms with Gasteiger partial charge in [-0.2, -0.15) is 0 Å². The van der Waals surface area contributed by atoms with Gasteiger partial charge in [0.2, 0.25) is 0 Å². The molecule has 1 fully saturated rings. The molecular formula is C20H26N4O2. The number of hydrogen-bond donors (Lipinski definition) is 1. The summed E-state index contributed by atoms with van der Waals surface area (Å²) in [6.07, 6.45) is 7.49. The Labute approximate surface area is 154 Å². The van der Waals surface area contributed by atoms with Crippen molar-refractivity contribution in [3.8, 4) is 0 Å². The minimum absolute atomic E-state index is 0.0194. The van der Waals surface area contributed by atoms with Crippen LogP contribution in [0.3, 0.4) is 0 Å². The molecule has 1 N–H and O–H groups in total. The van der Waals surface area contributed by atoms with Gasteiger partial charge in [-0.05, 0) is 43.9 Å². The first-order chi connectivity index (χ1) is 12.6. The van der Waals surface area contributed by atoms with Crippen molar-refractivity contribution in [2.24, 2.45) is 4.99 Å². The van der Waals surface area contributed by atoms with Gasteiger partial charge in [-0.15, -0.1) is 0 Å². The van der Waals surface area contributed by atoms with Gasteiger partial charge in [0.15, 0.2) is 0 Å². The number of carbonyl (C=O) groups excluding carboxylic acids is 1. The van der Waals surface area contributed by atoms with Crippen LogP contribution in [0, 0.1) is 6.92 Å². The Hall–Kier alpha value is -2.47. The Balaban J connectivity index is 1.57. The molecule has 2 aliphatic rings. The van der Waals surface area contributed by atoms with Crippen LogP contribution in [0.5, 0.6) is 0 Å². The number of piperidine rings is 1. The maximum Gasteiger partial charge on any atom is 0.253 e. The Morgan fingerprint density at radius 3 is 2.96 bits per heavy atom. The second-order valence-electron chi connectivity index (χ2n) is 6.63. The summed E-state index contributed by atoms with van der Waals surface area (Å²) in [5.41, 5.74) is 3.68. The van der Waals surface area contributed by atoms with Crippen LogP contribution in [-0.2, 0) is 11.3 Å². The third kappa shape index (κ3) is 4.02. The fourth-order valence-electron chi connectivity index (χ4n) is 3.34. The first-order valence-corrected chi connectivity index (χ1v) is 9.07. The monoisotopic (exact) mass is 354 g/mol. The number of nitrogens with one attached hydrogen (secondary N) is 1. The largest absolute Gasteiger partial charge is 0.373 e. The van der Waals surface area contributed by atoms with Gasteiger partial charge in [0, 0.05) is 25.5 Å². The molecule has 1 saturated heterocycles. The lowest BCUT2D eigenvalue weighted by molar-refractivity contribution is 0.0540. The number of aliphatic imine (C=N–C) groups is 1. The molecule has 3 heterocycles. The quantitative estimate of drug-likeness (QED) is 0.798. The molecule has 1 amide bonds. The Morgan fingerprint density at radius 2 is 2.27 bits per heavy atom. The Bertz CT molecular complexity index is 746. The highest BCUT2D eigenvalue weighted by molar-refractivity contribution is 5.98. The van der Waals surface area contributed by atoms with E-state index in [2.05, 4.69) is 21.8 Å². The minimum Gasteiger partial charge on any atom is -0.373 e. The molecule has 138 valence electrons. The zero-order chi connectivity index (χ0) is 18.5. The molecule has 0 unspecified atom stereocenters. The highest BCUT2D eigenvalue weighted by atomic mass is 16.5. The summed E-state index contributed by atoms with van der Waals surface area (Å²) >= 11 is 0. The van der Waals surface area contributed by atoms with Gasteiger partial charge < -0.3 is 15.0 Å². The molecule has 0 spiro atoms. The van der Waals surface area contributed by atoms with Crippen LogP contribution in [0.2, 0.25) is 0 Å². The predicted molar refractivity (Wildman–Crippen MR) is 104 cm³/mol. The smallest absolute Gasteiger partial charge is 0.253 e. The number of fused-ring (bicyclic) bond motifs is 1. The summed E-state index contributed by atoms with van der Waals surface area (Å²) in [5.74, 6) is 0.972. The van der Waals surface area contributed by atoms with E-state index < -0.39 is 0 Å². The molecule has 0 atom stereocenters. The number of anilines is 1. The lowest BCUT2D eigenvalue weighted by Crippen LogP contribution is -2.38. The van der Waals surface area contributed by atoms with Crippen molar-refractivity contribution < 1.29 is 9.53 Å². The number of rotatable bonds is 6. The van der Waals surface area contributed by atoms with Gasteiger partial charge in [0.1, 0.15) is 5.82 Å². The molecule has 1 aromatic rings. The van der Waals surface area contributed by atoms with Crippen LogP contribution in [-0.4, -0.2) is 42.9 Å². The number of nitrogens with zero attached hydrogens (tertiary/aromatic N) is 3. The van der Waals surface area contributed by atoms with Crippen molar-refractivity contribution in [3.63, 3.8) is 0 Å². The molecule has 0 saturated carbocycles. The predicted octanol–water partition coefficient (Wildman–Crippen LogP) is 2.78. The van der Waals surface area contributed by atoms with Crippen LogP contribution < -0.4 is 10.2 Å². The summed E-state index contributed by atoms with van der Waals surface area (Å²) in [6, 6.07) is 1.96. The van der Waals surface area contributed by atoms with E-state index >= 15 is 0 Å². The summed E-state index contributed by atoms with van der Waals surface area (Å²) < 4.78 is 6.04. The van der Waals surface area contributed by atoms with Crippen molar-refractivity contribution in [2.45, 2.75) is 39.3 Å². The van der Waals surface area contributed by atoms with Crippen molar-refractivity contribution >= 4 is 17.9 Å². The van der Waals surface area contributed by atoms with Crippen LogP contribution in [0.25, 0.3) is 0 Å². The van der Waals surface area contributed by atoms with E-state index in [1.807, 2.05) is 26.0 Å². The van der Waals surface area contributed by atoms with Crippen molar-refractivity contribution in [3.05, 3.63) is 47.3 Å². The maximum atomic E-state index is 11.8. The zero-order valence-corrected chi connectivity index (χ0v) is 15.5. The minimum atomic E-state index is -0.0194. The third-order valence-electron chi connectivity index (χ3n) is 4.87. The average Bonchev–Trinajstić information content (AvgIpc) is 3.02. The van der Waals surface area contributed by atoms with Crippen LogP contribution in [0.1, 0.15) is 41.4 Å². The summed E-state index contributed by atoms with van der Waals surface area (Å²) in [5, 5.41) is 2.83. The van der Waals surface area contributed by atoms with Crippen LogP contribution in [0.4, 0.5) is 5.82 Å². The lowest BCUT2D eigenvalue weighted by Gasteiger charge is -2.33. The van der Waals surface area contributed by atoms with E-state index in [-0.39, 0.29) is 12.0 Å². The number of ether oxygens (including phenoxy) is 1. The van der Waals surface area contributed by atoms with E-state index in [0.29, 0.717) is 18.7 Å². The van der Waals surface area contributed by atoms with Gasteiger partial charge >= 0.3 is 0 Å². The molecule has 1 aromatic heterocycles. The van der Waals surface area contributed by atoms with E-state index in [0.717, 1.165) is 48.6 Å². The SMILES string of the molecule is C=C/N=C\C(=C/C)COC1CCN(c2nc3c(cc2C)C(=O)NC3)CC1. The molecular weight excluding hydrogens is 328 g/mol. The third-order valence-corrected chi connectivity index (χ3v) is 4.87. The van der Waals surface area contributed by atoms with Gasteiger partial charge in [0.25, 0.3) is 5.91 Å². The van der Waals surface area contributed by atoms with E-state index in [9.17, 15) is 4.79 Å². The van der Waals surface area contributed by atoms with Gasteiger partial charge in [0.05, 0.1) is 30.5 Å². The van der Waals surface area contributed by atoms with Crippen LogP contribution in [0.15, 0.2) is 35.5 Å². The van der Waals surface area contributed by atoms with E-state index in [1.54, 1.807) is 6.21 Å². The number of carbonyl (C=O) groups is 1. The zero-order valence-electron chi connectivity index (χ0n) is 15.5.